The number of hydrogen-bond donors (Lipinski definition) is 3. The summed E-state index contributed by atoms with van der Waals surface area (Å²) in [4.78, 5) is 13.4. The number of aryl methyl sites for hydroxylation is 1. The van der Waals surface area contributed by atoms with Gasteiger partial charge in [-0.05, 0) is 19.1 Å². The SMILES string of the molecule is COc1ccccc1Sc1c(C)[nH]c2nc(N)nc(N)c12. The zero-order chi connectivity index (χ0) is 15.0. The molecule has 0 aliphatic rings. The van der Waals surface area contributed by atoms with Crippen molar-refractivity contribution >= 4 is 34.6 Å². The van der Waals surface area contributed by atoms with Crippen LogP contribution in [0.5, 0.6) is 5.75 Å². The van der Waals surface area contributed by atoms with Crippen molar-refractivity contribution in [2.75, 3.05) is 18.6 Å². The highest BCUT2D eigenvalue weighted by atomic mass is 32.2. The van der Waals surface area contributed by atoms with E-state index < -0.39 is 0 Å². The lowest BCUT2D eigenvalue weighted by Crippen LogP contribution is -1.99. The van der Waals surface area contributed by atoms with Crippen LogP contribution < -0.4 is 16.2 Å². The average Bonchev–Trinajstić information content (AvgIpc) is 2.75. The second-order valence-electron chi connectivity index (χ2n) is 4.52. The van der Waals surface area contributed by atoms with Crippen molar-refractivity contribution in [1.29, 1.82) is 0 Å². The summed E-state index contributed by atoms with van der Waals surface area (Å²) in [7, 11) is 1.65. The van der Waals surface area contributed by atoms with Gasteiger partial charge in [0.2, 0.25) is 5.95 Å². The third-order valence-electron chi connectivity index (χ3n) is 3.11. The number of nitrogen functional groups attached to an aromatic ring is 2. The summed E-state index contributed by atoms with van der Waals surface area (Å²) in [6.07, 6.45) is 0. The Kier molecular flexibility index (Phi) is 3.34. The van der Waals surface area contributed by atoms with Crippen LogP contribution in [-0.2, 0) is 0 Å². The van der Waals surface area contributed by atoms with E-state index in [4.69, 9.17) is 16.2 Å². The average molecular weight is 301 g/mol. The lowest BCUT2D eigenvalue weighted by atomic mass is 10.3. The molecule has 0 atom stereocenters. The summed E-state index contributed by atoms with van der Waals surface area (Å²) in [5.74, 6) is 1.35. The van der Waals surface area contributed by atoms with Crippen molar-refractivity contribution in [2.24, 2.45) is 0 Å². The van der Waals surface area contributed by atoms with Gasteiger partial charge >= 0.3 is 0 Å². The van der Waals surface area contributed by atoms with E-state index in [0.717, 1.165) is 26.6 Å². The number of methoxy groups -OCH3 is 1. The summed E-state index contributed by atoms with van der Waals surface area (Å²) in [5.41, 5.74) is 13.2. The molecule has 0 saturated heterocycles. The molecule has 0 bridgehead atoms. The summed E-state index contributed by atoms with van der Waals surface area (Å²) in [6.45, 7) is 1.97. The van der Waals surface area contributed by atoms with Crippen molar-refractivity contribution in [3.05, 3.63) is 30.0 Å². The number of ether oxygens (including phenoxy) is 1. The molecule has 0 spiro atoms. The molecule has 0 saturated carbocycles. The number of nitrogens with two attached hydrogens (primary N) is 2. The molecule has 1 aromatic carbocycles. The van der Waals surface area contributed by atoms with E-state index in [2.05, 4.69) is 15.0 Å². The highest BCUT2D eigenvalue weighted by molar-refractivity contribution is 7.99. The Labute approximate surface area is 125 Å². The highest BCUT2D eigenvalue weighted by Gasteiger charge is 2.16. The number of para-hydroxylation sites is 1. The highest BCUT2D eigenvalue weighted by Crippen LogP contribution is 2.41. The zero-order valence-corrected chi connectivity index (χ0v) is 12.5. The predicted octanol–water partition coefficient (Wildman–Crippen LogP) is 2.59. The number of nitrogens with zero attached hydrogens (tertiary/aromatic N) is 2. The third kappa shape index (κ3) is 2.36. The Hall–Kier alpha value is -2.41. The van der Waals surface area contributed by atoms with Gasteiger partial charge in [0, 0.05) is 10.6 Å². The number of rotatable bonds is 3. The summed E-state index contributed by atoms with van der Waals surface area (Å²) < 4.78 is 5.38. The van der Waals surface area contributed by atoms with E-state index in [1.807, 2.05) is 31.2 Å². The molecule has 3 rings (SSSR count). The van der Waals surface area contributed by atoms with Crippen molar-refractivity contribution in [2.45, 2.75) is 16.7 Å². The van der Waals surface area contributed by atoms with Crippen LogP contribution in [-0.4, -0.2) is 22.1 Å². The van der Waals surface area contributed by atoms with Crippen LogP contribution >= 0.6 is 11.8 Å². The fraction of sp³-hybridized carbons (Fsp3) is 0.143. The van der Waals surface area contributed by atoms with E-state index in [1.165, 1.54) is 0 Å². The van der Waals surface area contributed by atoms with Gasteiger partial charge in [0.15, 0.2) is 0 Å². The number of aromatic nitrogens is 3. The number of benzene rings is 1. The minimum atomic E-state index is 0.162. The Balaban J connectivity index is 2.15. The van der Waals surface area contributed by atoms with Gasteiger partial charge in [-0.1, -0.05) is 23.9 Å². The van der Waals surface area contributed by atoms with Gasteiger partial charge in [-0.25, -0.2) is 0 Å². The smallest absolute Gasteiger partial charge is 0.223 e. The molecular formula is C14H15N5OS. The van der Waals surface area contributed by atoms with Crippen LogP contribution in [0.15, 0.2) is 34.1 Å². The Morgan fingerprint density at radius 1 is 1.19 bits per heavy atom. The fourth-order valence-corrected chi connectivity index (χ4v) is 3.30. The number of H-pyrrole nitrogens is 1. The Morgan fingerprint density at radius 2 is 1.95 bits per heavy atom. The topological polar surface area (TPSA) is 103 Å². The largest absolute Gasteiger partial charge is 0.496 e. The second-order valence-corrected chi connectivity index (χ2v) is 5.57. The molecule has 108 valence electrons. The molecule has 21 heavy (non-hydrogen) atoms. The van der Waals surface area contributed by atoms with Crippen LogP contribution in [0.25, 0.3) is 11.0 Å². The van der Waals surface area contributed by atoms with Gasteiger partial charge < -0.3 is 21.2 Å². The molecule has 6 nitrogen and oxygen atoms in total. The predicted molar refractivity (Wildman–Crippen MR) is 84.6 cm³/mol. The second kappa shape index (κ2) is 5.17. The van der Waals surface area contributed by atoms with Gasteiger partial charge in [0.1, 0.15) is 17.2 Å². The van der Waals surface area contributed by atoms with Crippen molar-refractivity contribution < 1.29 is 4.74 Å². The standard InChI is InChI=1S/C14H15N5OS/c1-7-11(21-9-6-4-3-5-8(9)20-2)10-12(15)18-14(16)19-13(10)17-7/h3-6H,1-2H3,(H5,15,16,17,18,19). The van der Waals surface area contributed by atoms with E-state index in [0.29, 0.717) is 11.5 Å². The quantitative estimate of drug-likeness (QED) is 0.687. The molecule has 5 N–H and O–H groups in total. The van der Waals surface area contributed by atoms with Gasteiger partial charge in [-0.2, -0.15) is 9.97 Å². The van der Waals surface area contributed by atoms with Crippen LogP contribution in [0.2, 0.25) is 0 Å². The summed E-state index contributed by atoms with van der Waals surface area (Å²) >= 11 is 1.56. The molecule has 0 aliphatic carbocycles. The Morgan fingerprint density at radius 3 is 2.71 bits per heavy atom. The molecule has 0 fully saturated rings. The third-order valence-corrected chi connectivity index (χ3v) is 4.38. The minimum Gasteiger partial charge on any atom is -0.496 e. The Bertz CT molecular complexity index is 814. The molecule has 3 aromatic rings. The fourth-order valence-electron chi connectivity index (χ4n) is 2.17. The summed E-state index contributed by atoms with van der Waals surface area (Å²) in [6, 6.07) is 7.82. The van der Waals surface area contributed by atoms with Crippen LogP contribution in [0.4, 0.5) is 11.8 Å². The number of anilines is 2. The zero-order valence-electron chi connectivity index (χ0n) is 11.7. The van der Waals surface area contributed by atoms with E-state index in [9.17, 15) is 0 Å². The van der Waals surface area contributed by atoms with Crippen molar-refractivity contribution in [3.63, 3.8) is 0 Å². The van der Waals surface area contributed by atoms with E-state index in [-0.39, 0.29) is 5.95 Å². The van der Waals surface area contributed by atoms with Gasteiger partial charge in [-0.3, -0.25) is 0 Å². The van der Waals surface area contributed by atoms with Gasteiger partial charge in [0.05, 0.1) is 17.4 Å². The number of hydrogen-bond acceptors (Lipinski definition) is 6. The van der Waals surface area contributed by atoms with Crippen LogP contribution in [0.1, 0.15) is 5.69 Å². The molecule has 7 heteroatoms. The first-order valence-electron chi connectivity index (χ1n) is 6.32. The maximum atomic E-state index is 6.00. The van der Waals surface area contributed by atoms with Crippen molar-refractivity contribution in [1.82, 2.24) is 15.0 Å². The van der Waals surface area contributed by atoms with Gasteiger partial charge in [-0.15, -0.1) is 0 Å². The number of fused-ring (bicyclic) bond motifs is 1. The van der Waals surface area contributed by atoms with Crippen LogP contribution in [0.3, 0.4) is 0 Å². The van der Waals surface area contributed by atoms with Crippen LogP contribution in [0, 0.1) is 6.92 Å². The van der Waals surface area contributed by atoms with Gasteiger partial charge in [0.25, 0.3) is 0 Å². The lowest BCUT2D eigenvalue weighted by Gasteiger charge is -2.08. The van der Waals surface area contributed by atoms with Crippen molar-refractivity contribution in [3.8, 4) is 5.75 Å². The molecule has 2 heterocycles. The normalized spacial score (nSPS) is 11.0. The summed E-state index contributed by atoms with van der Waals surface area (Å²) in [5, 5.41) is 0.789. The molecule has 0 radical (unpaired) electrons. The van der Waals surface area contributed by atoms with E-state index in [1.54, 1.807) is 18.9 Å². The first kappa shape index (κ1) is 13.6. The minimum absolute atomic E-state index is 0.162. The molecular weight excluding hydrogens is 286 g/mol. The first-order valence-corrected chi connectivity index (χ1v) is 7.14. The maximum Gasteiger partial charge on any atom is 0.223 e. The van der Waals surface area contributed by atoms with E-state index >= 15 is 0 Å². The number of nitrogens with one attached hydrogen (secondary N) is 1. The monoisotopic (exact) mass is 301 g/mol. The number of aromatic amines is 1. The molecule has 0 amide bonds. The molecule has 0 aliphatic heterocycles. The molecule has 2 aromatic heterocycles. The first-order chi connectivity index (χ1) is 10.1. The lowest BCUT2D eigenvalue weighted by molar-refractivity contribution is 0.405. The maximum absolute atomic E-state index is 6.00. The molecule has 0 unspecified atom stereocenters.